The zero-order valence-corrected chi connectivity index (χ0v) is 15.3. The number of benzene rings is 2. The molecule has 0 saturated carbocycles. The molecule has 1 aliphatic rings. The number of anilines is 1. The summed E-state index contributed by atoms with van der Waals surface area (Å²) in [5.74, 6) is -0.630. The van der Waals surface area contributed by atoms with E-state index < -0.39 is 5.97 Å². The van der Waals surface area contributed by atoms with Crippen molar-refractivity contribution in [3.63, 3.8) is 0 Å². The van der Waals surface area contributed by atoms with Gasteiger partial charge in [0.15, 0.2) is 5.11 Å². The monoisotopic (exact) mass is 366 g/mol. The fourth-order valence-electron chi connectivity index (χ4n) is 2.63. The predicted octanol–water partition coefficient (Wildman–Crippen LogP) is 3.43. The van der Waals surface area contributed by atoms with Gasteiger partial charge in [-0.2, -0.15) is 0 Å². The third-order valence-electron chi connectivity index (χ3n) is 4.00. The summed E-state index contributed by atoms with van der Waals surface area (Å²) in [7, 11) is 0. The normalized spacial score (nSPS) is 15.3. The van der Waals surface area contributed by atoms with Gasteiger partial charge in [0.1, 0.15) is 5.70 Å². The minimum Gasteiger partial charge on any atom is -0.462 e. The highest BCUT2D eigenvalue weighted by Gasteiger charge is 2.32. The second kappa shape index (κ2) is 7.49. The summed E-state index contributed by atoms with van der Waals surface area (Å²) < 4.78 is 4.96. The standard InChI is InChI=1S/C20H18N2O3S/c1-3-25-19(24)14-8-10-16(11-9-14)22-18(23)17(21-20(22)26)12-15-7-5-4-6-13(15)2/h4-12H,3H2,1-2H3,(H,21,26)/b17-12-. The van der Waals surface area contributed by atoms with Gasteiger partial charge < -0.3 is 10.1 Å². The van der Waals surface area contributed by atoms with Crippen LogP contribution in [0.5, 0.6) is 0 Å². The lowest BCUT2D eigenvalue weighted by Crippen LogP contribution is -2.30. The number of thiocarbonyl (C=S) groups is 1. The van der Waals surface area contributed by atoms with Gasteiger partial charge in [-0.15, -0.1) is 0 Å². The van der Waals surface area contributed by atoms with E-state index in [1.807, 2.05) is 31.2 Å². The molecule has 2 aromatic rings. The summed E-state index contributed by atoms with van der Waals surface area (Å²) in [6.07, 6.45) is 1.79. The van der Waals surface area contributed by atoms with E-state index in [1.54, 1.807) is 37.3 Å². The van der Waals surface area contributed by atoms with Gasteiger partial charge in [-0.3, -0.25) is 9.69 Å². The molecule has 3 rings (SSSR count). The van der Waals surface area contributed by atoms with Crippen LogP contribution in [0.4, 0.5) is 5.69 Å². The van der Waals surface area contributed by atoms with Crippen molar-refractivity contribution in [2.45, 2.75) is 13.8 Å². The van der Waals surface area contributed by atoms with Crippen molar-refractivity contribution in [1.29, 1.82) is 0 Å². The molecule has 0 bridgehead atoms. The van der Waals surface area contributed by atoms with Crippen molar-refractivity contribution in [2.24, 2.45) is 0 Å². The molecule has 132 valence electrons. The highest BCUT2D eigenvalue weighted by molar-refractivity contribution is 7.80. The predicted molar refractivity (Wildman–Crippen MR) is 105 cm³/mol. The second-order valence-corrected chi connectivity index (χ2v) is 6.14. The average molecular weight is 366 g/mol. The fourth-order valence-corrected chi connectivity index (χ4v) is 2.93. The second-order valence-electron chi connectivity index (χ2n) is 5.75. The van der Waals surface area contributed by atoms with Gasteiger partial charge in [-0.05, 0) is 67.5 Å². The number of hydrogen-bond donors (Lipinski definition) is 1. The van der Waals surface area contributed by atoms with Crippen molar-refractivity contribution in [2.75, 3.05) is 11.5 Å². The van der Waals surface area contributed by atoms with Crippen molar-refractivity contribution < 1.29 is 14.3 Å². The first kappa shape index (κ1) is 17.8. The van der Waals surface area contributed by atoms with Crippen LogP contribution in [0.3, 0.4) is 0 Å². The Bertz CT molecular complexity index is 904. The van der Waals surface area contributed by atoms with Gasteiger partial charge in [0.2, 0.25) is 0 Å². The first-order valence-corrected chi connectivity index (χ1v) is 8.62. The molecular weight excluding hydrogens is 348 g/mol. The molecule has 26 heavy (non-hydrogen) atoms. The number of carbonyl (C=O) groups is 2. The molecule has 0 aromatic heterocycles. The number of carbonyl (C=O) groups excluding carboxylic acids is 2. The number of esters is 1. The minimum absolute atomic E-state index is 0.234. The molecule has 5 nitrogen and oxygen atoms in total. The van der Waals surface area contributed by atoms with Crippen LogP contribution in [0.1, 0.15) is 28.4 Å². The summed E-state index contributed by atoms with van der Waals surface area (Å²) in [6.45, 7) is 4.05. The Balaban J connectivity index is 1.85. The smallest absolute Gasteiger partial charge is 0.338 e. The molecule has 2 aromatic carbocycles. The average Bonchev–Trinajstić information content (AvgIpc) is 2.91. The van der Waals surface area contributed by atoms with Crippen molar-refractivity contribution in [1.82, 2.24) is 5.32 Å². The van der Waals surface area contributed by atoms with Crippen LogP contribution in [0.2, 0.25) is 0 Å². The zero-order valence-electron chi connectivity index (χ0n) is 14.5. The van der Waals surface area contributed by atoms with E-state index >= 15 is 0 Å². The Morgan fingerprint density at radius 1 is 1.19 bits per heavy atom. The SMILES string of the molecule is CCOC(=O)c1ccc(N2C(=O)/C(=C/c3ccccc3C)NC2=S)cc1. The lowest BCUT2D eigenvalue weighted by Gasteiger charge is -2.14. The highest BCUT2D eigenvalue weighted by Crippen LogP contribution is 2.23. The van der Waals surface area contributed by atoms with E-state index in [1.165, 1.54) is 4.90 Å². The Morgan fingerprint density at radius 3 is 2.54 bits per heavy atom. The van der Waals surface area contributed by atoms with Gasteiger partial charge in [-0.25, -0.2) is 4.79 Å². The van der Waals surface area contributed by atoms with E-state index in [4.69, 9.17) is 17.0 Å². The van der Waals surface area contributed by atoms with Gasteiger partial charge >= 0.3 is 5.97 Å². The summed E-state index contributed by atoms with van der Waals surface area (Å²) in [6, 6.07) is 14.4. The van der Waals surface area contributed by atoms with Gasteiger partial charge in [-0.1, -0.05) is 24.3 Å². The summed E-state index contributed by atoms with van der Waals surface area (Å²) >= 11 is 5.31. The first-order valence-electron chi connectivity index (χ1n) is 8.21. The van der Waals surface area contributed by atoms with Crippen LogP contribution in [-0.2, 0) is 9.53 Å². The molecule has 0 atom stereocenters. The molecule has 0 aliphatic carbocycles. The van der Waals surface area contributed by atoms with Crippen molar-refractivity contribution in [3.8, 4) is 0 Å². The quantitative estimate of drug-likeness (QED) is 0.510. The molecular formula is C20H18N2O3S. The molecule has 0 unspecified atom stereocenters. The summed E-state index contributed by atoms with van der Waals surface area (Å²) in [5, 5.41) is 3.27. The summed E-state index contributed by atoms with van der Waals surface area (Å²) in [4.78, 5) is 25.9. The molecule has 0 spiro atoms. The molecule has 1 fully saturated rings. The maximum Gasteiger partial charge on any atom is 0.338 e. The van der Waals surface area contributed by atoms with E-state index in [0.29, 0.717) is 28.7 Å². The highest BCUT2D eigenvalue weighted by atomic mass is 32.1. The lowest BCUT2D eigenvalue weighted by atomic mass is 10.1. The van der Waals surface area contributed by atoms with Crippen molar-refractivity contribution in [3.05, 3.63) is 70.9 Å². The third kappa shape index (κ3) is 3.50. The lowest BCUT2D eigenvalue weighted by molar-refractivity contribution is -0.113. The molecule has 1 aliphatic heterocycles. The zero-order chi connectivity index (χ0) is 18.7. The Morgan fingerprint density at radius 2 is 1.88 bits per heavy atom. The molecule has 1 N–H and O–H groups in total. The number of hydrogen-bond acceptors (Lipinski definition) is 4. The third-order valence-corrected chi connectivity index (χ3v) is 4.29. The van der Waals surface area contributed by atoms with Crippen LogP contribution >= 0.6 is 12.2 Å². The van der Waals surface area contributed by atoms with Gasteiger partial charge in [0.25, 0.3) is 5.91 Å². The number of ether oxygens (including phenoxy) is 1. The van der Waals surface area contributed by atoms with Crippen LogP contribution in [0.25, 0.3) is 6.08 Å². The number of aryl methyl sites for hydroxylation is 1. The Kier molecular flexibility index (Phi) is 5.14. The van der Waals surface area contributed by atoms with Crippen LogP contribution < -0.4 is 10.2 Å². The van der Waals surface area contributed by atoms with E-state index in [-0.39, 0.29) is 5.91 Å². The molecule has 1 amide bonds. The van der Waals surface area contributed by atoms with Gasteiger partial charge in [0.05, 0.1) is 17.9 Å². The molecule has 6 heteroatoms. The van der Waals surface area contributed by atoms with Crippen LogP contribution in [-0.4, -0.2) is 23.6 Å². The number of amides is 1. The molecule has 1 saturated heterocycles. The van der Waals surface area contributed by atoms with Crippen molar-refractivity contribution >= 4 is 41.0 Å². The van der Waals surface area contributed by atoms with E-state index in [9.17, 15) is 9.59 Å². The largest absolute Gasteiger partial charge is 0.462 e. The molecule has 0 radical (unpaired) electrons. The topological polar surface area (TPSA) is 58.6 Å². The minimum atomic E-state index is -0.396. The van der Waals surface area contributed by atoms with Gasteiger partial charge in [0, 0.05) is 0 Å². The van der Waals surface area contributed by atoms with E-state index in [0.717, 1.165) is 11.1 Å². The van der Waals surface area contributed by atoms with E-state index in [2.05, 4.69) is 5.32 Å². The number of nitrogens with zero attached hydrogens (tertiary/aromatic N) is 1. The summed E-state index contributed by atoms with van der Waals surface area (Å²) in [5.41, 5.74) is 3.45. The fraction of sp³-hybridized carbons (Fsp3) is 0.150. The molecule has 1 heterocycles. The Labute approximate surface area is 157 Å². The van der Waals surface area contributed by atoms with Crippen LogP contribution in [0.15, 0.2) is 54.2 Å². The first-order chi connectivity index (χ1) is 12.5. The van der Waals surface area contributed by atoms with Crippen LogP contribution in [0, 0.1) is 6.92 Å². The number of nitrogens with one attached hydrogen (secondary N) is 1. The Hall–Kier alpha value is -2.99. The maximum absolute atomic E-state index is 12.8. The maximum atomic E-state index is 12.8. The number of rotatable bonds is 4.